The van der Waals surface area contributed by atoms with Gasteiger partial charge in [-0.15, -0.1) is 0 Å². The molecule has 0 amide bonds. The zero-order valence-electron chi connectivity index (χ0n) is 20.9. The van der Waals surface area contributed by atoms with Crippen molar-refractivity contribution >= 4 is 37.1 Å². The van der Waals surface area contributed by atoms with Gasteiger partial charge in [-0.25, -0.2) is 0 Å². The van der Waals surface area contributed by atoms with Crippen LogP contribution in [0.25, 0.3) is 0 Å². The average Bonchev–Trinajstić information content (AvgIpc) is 2.95. The molecule has 0 aliphatic rings. The SMILES string of the molecule is C[C@H](c1ccccc1[C@@H](C)P(c1ccccc1)c1ccccc1)P(c1ccccc1)c1ccccc1. The minimum atomic E-state index is -0.550. The number of hydrogen-bond acceptors (Lipinski definition) is 0. The standard InChI is InChI=1S/C34H32P2/c1-27(35(29-17-7-3-8-18-29)30-19-9-4-10-20-30)33-25-15-16-26-34(33)28(2)36(31-21-11-5-12-22-31)32-23-13-6-14-24-32/h3-28H,1-2H3/t27-,28-/m1/s1. The topological polar surface area (TPSA) is 0 Å². The molecule has 0 saturated carbocycles. The molecule has 36 heavy (non-hydrogen) atoms. The van der Waals surface area contributed by atoms with Crippen molar-refractivity contribution in [1.82, 2.24) is 0 Å². The Morgan fingerprint density at radius 3 is 0.806 bits per heavy atom. The predicted octanol–water partition coefficient (Wildman–Crippen LogP) is 8.07. The minimum Gasteiger partial charge on any atom is -0.0622 e. The molecule has 0 heterocycles. The lowest BCUT2D eigenvalue weighted by atomic mass is 10.0. The fraction of sp³-hybridized carbons (Fsp3) is 0.118. The first-order valence-electron chi connectivity index (χ1n) is 12.6. The molecule has 5 aromatic rings. The highest BCUT2D eigenvalue weighted by molar-refractivity contribution is 7.73. The quantitative estimate of drug-likeness (QED) is 0.188. The van der Waals surface area contributed by atoms with Crippen LogP contribution in [0.5, 0.6) is 0 Å². The molecule has 0 aliphatic carbocycles. The molecule has 2 heteroatoms. The van der Waals surface area contributed by atoms with Crippen molar-refractivity contribution in [2.45, 2.75) is 25.2 Å². The van der Waals surface area contributed by atoms with Crippen LogP contribution in [0.3, 0.4) is 0 Å². The molecule has 0 N–H and O–H groups in total. The summed E-state index contributed by atoms with van der Waals surface area (Å²) in [6.07, 6.45) is 0. The Kier molecular flexibility index (Phi) is 8.08. The van der Waals surface area contributed by atoms with Gasteiger partial charge in [-0.2, -0.15) is 0 Å². The minimum absolute atomic E-state index is 0.395. The van der Waals surface area contributed by atoms with Crippen molar-refractivity contribution in [3.8, 4) is 0 Å². The molecule has 0 aliphatic heterocycles. The summed E-state index contributed by atoms with van der Waals surface area (Å²) >= 11 is 0. The lowest BCUT2D eigenvalue weighted by Gasteiger charge is -2.32. The Labute approximate surface area is 218 Å². The van der Waals surface area contributed by atoms with Crippen molar-refractivity contribution in [2.75, 3.05) is 0 Å². The normalized spacial score (nSPS) is 13.0. The Balaban J connectivity index is 1.60. The van der Waals surface area contributed by atoms with Crippen molar-refractivity contribution in [3.05, 3.63) is 157 Å². The summed E-state index contributed by atoms with van der Waals surface area (Å²) in [5.74, 6) is 0. The van der Waals surface area contributed by atoms with Crippen LogP contribution in [0, 0.1) is 0 Å². The van der Waals surface area contributed by atoms with Crippen molar-refractivity contribution in [1.29, 1.82) is 0 Å². The lowest BCUT2D eigenvalue weighted by Crippen LogP contribution is -2.19. The van der Waals surface area contributed by atoms with E-state index in [1.165, 1.54) is 32.3 Å². The molecule has 0 spiro atoms. The molecule has 0 aromatic heterocycles. The fourth-order valence-electron chi connectivity index (χ4n) is 5.10. The molecule has 5 aromatic carbocycles. The largest absolute Gasteiger partial charge is 0.0622 e. The highest BCUT2D eigenvalue weighted by atomic mass is 31.1. The third kappa shape index (κ3) is 5.37. The second kappa shape index (κ2) is 11.8. The maximum absolute atomic E-state index is 2.44. The summed E-state index contributed by atoms with van der Waals surface area (Å²) in [6, 6.07) is 53.6. The number of hydrogen-bond donors (Lipinski definition) is 0. The molecule has 0 unspecified atom stereocenters. The van der Waals surface area contributed by atoms with E-state index >= 15 is 0 Å². The Hall–Kier alpha value is -3.04. The van der Waals surface area contributed by atoms with Crippen LogP contribution in [0.1, 0.15) is 36.3 Å². The smallest absolute Gasteiger partial charge is 0.00966 e. The summed E-state index contributed by atoms with van der Waals surface area (Å²) in [7, 11) is -1.10. The molecule has 0 saturated heterocycles. The Morgan fingerprint density at radius 1 is 0.333 bits per heavy atom. The van der Waals surface area contributed by atoms with Crippen LogP contribution in [0.15, 0.2) is 146 Å². The first kappa shape index (κ1) is 24.6. The monoisotopic (exact) mass is 502 g/mol. The summed E-state index contributed by atoms with van der Waals surface area (Å²) in [5, 5.41) is 5.73. The van der Waals surface area contributed by atoms with Gasteiger partial charge in [0.05, 0.1) is 0 Å². The molecule has 2 atom stereocenters. The van der Waals surface area contributed by atoms with E-state index < -0.39 is 15.8 Å². The lowest BCUT2D eigenvalue weighted by molar-refractivity contribution is 0.990. The van der Waals surface area contributed by atoms with Gasteiger partial charge < -0.3 is 0 Å². The molecule has 0 nitrogen and oxygen atoms in total. The van der Waals surface area contributed by atoms with Gasteiger partial charge in [0.25, 0.3) is 0 Å². The van der Waals surface area contributed by atoms with E-state index in [1.807, 2.05) is 0 Å². The fourth-order valence-corrected chi connectivity index (χ4v) is 10.5. The summed E-state index contributed by atoms with van der Waals surface area (Å²) in [4.78, 5) is 0. The number of benzene rings is 5. The second-order valence-corrected chi connectivity index (χ2v) is 14.2. The van der Waals surface area contributed by atoms with E-state index in [0.29, 0.717) is 11.3 Å². The van der Waals surface area contributed by atoms with E-state index in [4.69, 9.17) is 0 Å². The molecular weight excluding hydrogens is 470 g/mol. The van der Waals surface area contributed by atoms with E-state index in [-0.39, 0.29) is 0 Å². The average molecular weight is 503 g/mol. The highest BCUT2D eigenvalue weighted by Crippen LogP contribution is 2.55. The maximum atomic E-state index is 2.44. The van der Waals surface area contributed by atoms with Crippen LogP contribution in [0.4, 0.5) is 0 Å². The molecule has 0 bridgehead atoms. The maximum Gasteiger partial charge on any atom is 0.00966 e. The van der Waals surface area contributed by atoms with Gasteiger partial charge in [-0.3, -0.25) is 0 Å². The summed E-state index contributed by atoms with van der Waals surface area (Å²) < 4.78 is 0. The van der Waals surface area contributed by atoms with Crippen LogP contribution in [-0.4, -0.2) is 0 Å². The van der Waals surface area contributed by atoms with Gasteiger partial charge >= 0.3 is 0 Å². The van der Waals surface area contributed by atoms with Gasteiger partial charge in [-0.05, 0) is 48.2 Å². The van der Waals surface area contributed by atoms with Gasteiger partial charge in [0.2, 0.25) is 0 Å². The van der Waals surface area contributed by atoms with Crippen molar-refractivity contribution in [2.24, 2.45) is 0 Å². The van der Waals surface area contributed by atoms with Crippen LogP contribution < -0.4 is 21.2 Å². The zero-order valence-corrected chi connectivity index (χ0v) is 22.7. The molecule has 0 fully saturated rings. The molecule has 0 radical (unpaired) electrons. The highest BCUT2D eigenvalue weighted by Gasteiger charge is 2.29. The Morgan fingerprint density at radius 2 is 0.556 bits per heavy atom. The number of rotatable bonds is 8. The van der Waals surface area contributed by atoms with Gasteiger partial charge in [0.1, 0.15) is 0 Å². The van der Waals surface area contributed by atoms with Gasteiger partial charge in [-0.1, -0.05) is 159 Å². The molecule has 178 valence electrons. The first-order valence-corrected chi connectivity index (χ1v) is 15.4. The van der Waals surface area contributed by atoms with E-state index in [2.05, 4.69) is 159 Å². The second-order valence-electron chi connectivity index (χ2n) is 9.06. The molecule has 5 rings (SSSR count). The van der Waals surface area contributed by atoms with E-state index in [1.54, 1.807) is 0 Å². The van der Waals surface area contributed by atoms with Gasteiger partial charge in [0.15, 0.2) is 0 Å². The van der Waals surface area contributed by atoms with Gasteiger partial charge in [0, 0.05) is 11.3 Å². The first-order chi connectivity index (χ1) is 17.7. The van der Waals surface area contributed by atoms with Crippen LogP contribution >= 0.6 is 15.8 Å². The van der Waals surface area contributed by atoms with Crippen LogP contribution in [-0.2, 0) is 0 Å². The predicted molar refractivity (Wildman–Crippen MR) is 161 cm³/mol. The van der Waals surface area contributed by atoms with E-state index in [0.717, 1.165) is 0 Å². The molecular formula is C34H32P2. The van der Waals surface area contributed by atoms with Crippen molar-refractivity contribution in [3.63, 3.8) is 0 Å². The zero-order chi connectivity index (χ0) is 24.7. The van der Waals surface area contributed by atoms with E-state index in [9.17, 15) is 0 Å². The summed E-state index contributed by atoms with van der Waals surface area (Å²) in [5.41, 5.74) is 3.74. The van der Waals surface area contributed by atoms with Crippen molar-refractivity contribution < 1.29 is 0 Å². The third-order valence-electron chi connectivity index (χ3n) is 6.81. The van der Waals surface area contributed by atoms with Crippen LogP contribution in [0.2, 0.25) is 0 Å². The third-order valence-corrected chi connectivity index (χ3v) is 12.3. The Bertz CT molecular complexity index is 1160. The summed E-state index contributed by atoms with van der Waals surface area (Å²) in [6.45, 7) is 4.87.